The van der Waals surface area contributed by atoms with Gasteiger partial charge in [0.15, 0.2) is 6.33 Å². The number of fused-ring (bicyclic) bond motifs is 1. The number of H-pyrrole nitrogens is 1. The third-order valence-corrected chi connectivity index (χ3v) is 2.86. The predicted molar refractivity (Wildman–Crippen MR) is 56.0 cm³/mol. The van der Waals surface area contributed by atoms with Crippen LogP contribution in [0.4, 0.5) is 0 Å². The zero-order chi connectivity index (χ0) is 9.38. The van der Waals surface area contributed by atoms with Gasteiger partial charge in [-0.1, -0.05) is 0 Å². The van der Waals surface area contributed by atoms with Gasteiger partial charge in [0.1, 0.15) is 5.01 Å². The molecule has 0 bridgehead atoms. The Morgan fingerprint density at radius 1 is 1.36 bits per heavy atom. The van der Waals surface area contributed by atoms with Crippen molar-refractivity contribution in [2.45, 2.75) is 0 Å². The average molecular weight is 200 g/mol. The first-order valence-electron chi connectivity index (χ1n) is 4.19. The van der Waals surface area contributed by atoms with E-state index in [9.17, 15) is 0 Å². The molecule has 3 rings (SSSR count). The Morgan fingerprint density at radius 2 is 2.36 bits per heavy atom. The van der Waals surface area contributed by atoms with Crippen LogP contribution in [0.1, 0.15) is 0 Å². The molecule has 0 atom stereocenters. The molecule has 0 aliphatic heterocycles. The number of benzene rings is 1. The van der Waals surface area contributed by atoms with Crippen LogP contribution in [0.5, 0.6) is 0 Å². The lowest BCUT2D eigenvalue weighted by Gasteiger charge is -1.95. The lowest BCUT2D eigenvalue weighted by Crippen LogP contribution is -1.76. The molecule has 0 aliphatic rings. The predicted octanol–water partition coefficient (Wildman–Crippen LogP) is 2.49. The summed E-state index contributed by atoms with van der Waals surface area (Å²) in [5, 5.41) is 3.00. The normalized spacial score (nSPS) is 10.9. The maximum atomic E-state index is 4.25. The van der Waals surface area contributed by atoms with Gasteiger partial charge in [-0.05, 0) is 18.2 Å². The van der Waals surface area contributed by atoms with Gasteiger partial charge in [-0.3, -0.25) is 0 Å². The molecule has 3 nitrogen and oxygen atoms in total. The molecule has 2 heterocycles. The fourth-order valence-electron chi connectivity index (χ4n) is 1.38. The van der Waals surface area contributed by atoms with Gasteiger partial charge >= 0.3 is 0 Å². The van der Waals surface area contributed by atoms with Crippen molar-refractivity contribution in [2.75, 3.05) is 0 Å². The molecular weight excluding hydrogens is 194 g/mol. The van der Waals surface area contributed by atoms with Crippen molar-refractivity contribution in [3.8, 4) is 10.6 Å². The van der Waals surface area contributed by atoms with Crippen molar-refractivity contribution in [3.05, 3.63) is 36.1 Å². The monoisotopic (exact) mass is 200 g/mol. The van der Waals surface area contributed by atoms with Gasteiger partial charge in [0.05, 0.1) is 11.0 Å². The number of nitrogens with one attached hydrogen (secondary N) is 1. The van der Waals surface area contributed by atoms with Crippen molar-refractivity contribution in [3.63, 3.8) is 0 Å². The van der Waals surface area contributed by atoms with E-state index in [1.165, 1.54) is 0 Å². The summed E-state index contributed by atoms with van der Waals surface area (Å²) in [5.41, 5.74) is 3.05. The van der Waals surface area contributed by atoms with Crippen LogP contribution in [0, 0.1) is 6.33 Å². The van der Waals surface area contributed by atoms with Gasteiger partial charge in [0, 0.05) is 17.1 Å². The summed E-state index contributed by atoms with van der Waals surface area (Å²) in [7, 11) is 0. The van der Waals surface area contributed by atoms with Gasteiger partial charge in [-0.2, -0.15) is 0 Å². The third-order valence-electron chi connectivity index (χ3n) is 2.04. The largest absolute Gasteiger partial charge is 0.335 e. The van der Waals surface area contributed by atoms with Crippen molar-refractivity contribution in [1.82, 2.24) is 15.0 Å². The van der Waals surface area contributed by atoms with Crippen LogP contribution in [0.3, 0.4) is 0 Å². The van der Waals surface area contributed by atoms with Gasteiger partial charge in [-0.15, -0.1) is 11.3 Å². The second-order valence-electron chi connectivity index (χ2n) is 2.92. The first kappa shape index (κ1) is 7.70. The van der Waals surface area contributed by atoms with Gasteiger partial charge in [-0.25, -0.2) is 9.97 Å². The number of aromatic nitrogens is 3. The summed E-state index contributed by atoms with van der Waals surface area (Å²) in [6.07, 6.45) is 4.53. The first-order chi connectivity index (χ1) is 6.93. The van der Waals surface area contributed by atoms with Crippen LogP contribution in [-0.2, 0) is 0 Å². The molecule has 1 radical (unpaired) electrons. The number of hydrogen-bond donors (Lipinski definition) is 1. The number of rotatable bonds is 1. The summed E-state index contributed by atoms with van der Waals surface area (Å²) in [4.78, 5) is 11.3. The second-order valence-corrected chi connectivity index (χ2v) is 3.81. The summed E-state index contributed by atoms with van der Waals surface area (Å²) in [6.45, 7) is 0. The van der Waals surface area contributed by atoms with Crippen LogP contribution in [-0.4, -0.2) is 15.0 Å². The van der Waals surface area contributed by atoms with Gasteiger partial charge < -0.3 is 4.98 Å². The summed E-state index contributed by atoms with van der Waals surface area (Å²) >= 11 is 1.63. The Labute approximate surface area is 84.5 Å². The molecule has 0 unspecified atom stereocenters. The quantitative estimate of drug-likeness (QED) is 0.655. The van der Waals surface area contributed by atoms with E-state index in [4.69, 9.17) is 0 Å². The highest BCUT2D eigenvalue weighted by Gasteiger charge is 2.02. The molecule has 0 fully saturated rings. The van der Waals surface area contributed by atoms with Crippen LogP contribution < -0.4 is 0 Å². The lowest BCUT2D eigenvalue weighted by atomic mass is 10.2. The topological polar surface area (TPSA) is 41.6 Å². The molecule has 67 valence electrons. The number of aromatic amines is 1. The van der Waals surface area contributed by atoms with E-state index in [1.54, 1.807) is 11.3 Å². The van der Waals surface area contributed by atoms with Crippen LogP contribution in [0.15, 0.2) is 29.8 Å². The number of hydrogen-bond acceptors (Lipinski definition) is 3. The average Bonchev–Trinajstić information content (AvgIpc) is 2.88. The summed E-state index contributed by atoms with van der Waals surface area (Å²) in [6, 6.07) is 6.03. The maximum Gasteiger partial charge on any atom is 0.174 e. The molecule has 1 aromatic carbocycles. The Bertz CT molecular complexity index is 554. The number of nitrogens with zero attached hydrogens (tertiary/aromatic N) is 2. The smallest absolute Gasteiger partial charge is 0.174 e. The fourth-order valence-corrected chi connectivity index (χ4v) is 2.02. The second kappa shape index (κ2) is 2.92. The summed E-state index contributed by atoms with van der Waals surface area (Å²) < 4.78 is 0. The highest BCUT2D eigenvalue weighted by atomic mass is 32.1. The molecule has 3 aromatic rings. The van der Waals surface area contributed by atoms with Crippen molar-refractivity contribution < 1.29 is 0 Å². The van der Waals surface area contributed by atoms with E-state index in [-0.39, 0.29) is 0 Å². The van der Waals surface area contributed by atoms with Crippen molar-refractivity contribution >= 4 is 22.4 Å². The highest BCUT2D eigenvalue weighted by Crippen LogP contribution is 2.24. The fraction of sp³-hybridized carbons (Fsp3) is 0. The van der Waals surface area contributed by atoms with E-state index < -0.39 is 0 Å². The van der Waals surface area contributed by atoms with Gasteiger partial charge in [0.2, 0.25) is 0 Å². The van der Waals surface area contributed by atoms with E-state index in [2.05, 4.69) is 21.3 Å². The lowest BCUT2D eigenvalue weighted by molar-refractivity contribution is 1.32. The van der Waals surface area contributed by atoms with Crippen LogP contribution in [0.25, 0.3) is 21.6 Å². The Hall–Kier alpha value is -1.68. The van der Waals surface area contributed by atoms with E-state index in [0.717, 1.165) is 21.6 Å². The van der Waals surface area contributed by atoms with E-state index in [0.29, 0.717) is 0 Å². The number of imidazole rings is 1. The minimum Gasteiger partial charge on any atom is -0.335 e. The van der Waals surface area contributed by atoms with E-state index in [1.807, 2.05) is 29.8 Å². The molecule has 2 aromatic heterocycles. The first-order valence-corrected chi connectivity index (χ1v) is 5.07. The molecule has 14 heavy (non-hydrogen) atoms. The van der Waals surface area contributed by atoms with E-state index >= 15 is 0 Å². The molecule has 0 saturated carbocycles. The highest BCUT2D eigenvalue weighted by molar-refractivity contribution is 7.13. The molecule has 4 heteroatoms. The Balaban J connectivity index is 2.23. The summed E-state index contributed by atoms with van der Waals surface area (Å²) in [5.74, 6) is 0. The molecule has 0 spiro atoms. The molecular formula is C10H6N3S. The molecule has 0 amide bonds. The van der Waals surface area contributed by atoms with Gasteiger partial charge in [0.25, 0.3) is 0 Å². The zero-order valence-corrected chi connectivity index (χ0v) is 8.01. The zero-order valence-electron chi connectivity index (χ0n) is 7.19. The third kappa shape index (κ3) is 1.12. The SMILES string of the molecule is [c]1nc2ccc(-c3nccs3)cc2[nH]1. The van der Waals surface area contributed by atoms with Crippen LogP contribution in [0.2, 0.25) is 0 Å². The minimum atomic E-state index is 0.935. The Kier molecular flexibility index (Phi) is 1.61. The van der Waals surface area contributed by atoms with Crippen LogP contribution >= 0.6 is 11.3 Å². The van der Waals surface area contributed by atoms with Crippen molar-refractivity contribution in [2.24, 2.45) is 0 Å². The Morgan fingerprint density at radius 3 is 3.21 bits per heavy atom. The molecule has 0 aliphatic carbocycles. The standard InChI is InChI=1S/C10H6N3S/c1-2-8-9(13-6-12-8)5-7(1)10-11-3-4-14-10/h1-5H,(H,12,13). The molecule has 0 saturated heterocycles. The van der Waals surface area contributed by atoms with Crippen molar-refractivity contribution in [1.29, 1.82) is 0 Å². The minimum absolute atomic E-state index is 0.935. The number of thiazole rings is 1. The maximum absolute atomic E-state index is 4.25. The molecule has 1 N–H and O–H groups in total.